The summed E-state index contributed by atoms with van der Waals surface area (Å²) < 4.78 is 10.6. The summed E-state index contributed by atoms with van der Waals surface area (Å²) in [4.78, 5) is 14.9. The Bertz CT molecular complexity index is 630. The Hall–Kier alpha value is -2.27. The van der Waals surface area contributed by atoms with Gasteiger partial charge in [-0.3, -0.25) is 0 Å². The van der Waals surface area contributed by atoms with Crippen LogP contribution < -0.4 is 9.47 Å². The van der Waals surface area contributed by atoms with Gasteiger partial charge in [-0.25, -0.2) is 9.78 Å². The molecule has 0 saturated heterocycles. The summed E-state index contributed by atoms with van der Waals surface area (Å²) in [6.45, 7) is 0.215. The lowest BCUT2D eigenvalue weighted by Crippen LogP contribution is -2.03. The third-order valence-electron chi connectivity index (χ3n) is 2.60. The van der Waals surface area contributed by atoms with Crippen molar-refractivity contribution >= 4 is 17.6 Å². The molecule has 0 spiro atoms. The molecule has 20 heavy (non-hydrogen) atoms. The number of carboxylic acid groups (broad SMARTS) is 1. The maximum atomic E-state index is 10.9. The molecule has 1 aromatic heterocycles. The first-order valence-corrected chi connectivity index (χ1v) is 6.13. The fraction of sp³-hybridized carbons (Fsp3) is 0.143. The average molecular weight is 294 g/mol. The molecule has 0 fully saturated rings. The van der Waals surface area contributed by atoms with Gasteiger partial charge in [0.15, 0.2) is 0 Å². The van der Waals surface area contributed by atoms with Crippen LogP contribution in [0.5, 0.6) is 11.6 Å². The molecule has 0 atom stereocenters. The summed E-state index contributed by atoms with van der Waals surface area (Å²) in [7, 11) is 1.58. The summed E-state index contributed by atoms with van der Waals surface area (Å²) in [6, 6.07) is 8.65. The van der Waals surface area contributed by atoms with Crippen LogP contribution in [-0.4, -0.2) is 23.2 Å². The third-order valence-corrected chi connectivity index (χ3v) is 2.96. The molecule has 6 heteroatoms. The minimum atomic E-state index is -1.12. The Morgan fingerprint density at radius 1 is 1.40 bits per heavy atom. The zero-order chi connectivity index (χ0) is 14.5. The van der Waals surface area contributed by atoms with Crippen LogP contribution in [0.4, 0.5) is 0 Å². The number of benzene rings is 1. The number of halogens is 1. The number of aromatic nitrogens is 1. The number of pyridine rings is 1. The number of hydrogen-bond acceptors (Lipinski definition) is 4. The molecule has 0 saturated carbocycles. The van der Waals surface area contributed by atoms with Crippen molar-refractivity contribution < 1.29 is 19.4 Å². The number of nitrogens with zero attached hydrogens (tertiary/aromatic N) is 1. The van der Waals surface area contributed by atoms with Crippen molar-refractivity contribution in [2.75, 3.05) is 7.11 Å². The smallest absolute Gasteiger partial charge is 0.337 e. The van der Waals surface area contributed by atoms with Gasteiger partial charge in [-0.2, -0.15) is 0 Å². The van der Waals surface area contributed by atoms with Crippen LogP contribution >= 0.6 is 11.6 Å². The maximum Gasteiger partial charge on any atom is 0.337 e. The SMILES string of the molecule is COc1cccc(COc2nccc(C(=O)O)c2Cl)c1. The highest BCUT2D eigenvalue weighted by Gasteiger charge is 2.14. The Morgan fingerprint density at radius 3 is 2.90 bits per heavy atom. The van der Waals surface area contributed by atoms with E-state index in [0.29, 0.717) is 5.75 Å². The molecule has 0 aliphatic carbocycles. The predicted octanol–water partition coefficient (Wildman–Crippen LogP) is 3.02. The first-order valence-electron chi connectivity index (χ1n) is 5.75. The van der Waals surface area contributed by atoms with E-state index in [0.717, 1.165) is 5.56 Å². The van der Waals surface area contributed by atoms with Crippen LogP contribution in [0.1, 0.15) is 15.9 Å². The van der Waals surface area contributed by atoms with Gasteiger partial charge < -0.3 is 14.6 Å². The van der Waals surface area contributed by atoms with Crippen molar-refractivity contribution in [1.29, 1.82) is 0 Å². The number of ether oxygens (including phenoxy) is 2. The lowest BCUT2D eigenvalue weighted by Gasteiger charge is -2.09. The fourth-order valence-corrected chi connectivity index (χ4v) is 1.85. The van der Waals surface area contributed by atoms with E-state index in [1.54, 1.807) is 7.11 Å². The molecule has 0 unspecified atom stereocenters. The summed E-state index contributed by atoms with van der Waals surface area (Å²) in [6.07, 6.45) is 1.34. The van der Waals surface area contributed by atoms with Crippen LogP contribution in [0, 0.1) is 0 Å². The van der Waals surface area contributed by atoms with Gasteiger partial charge in [-0.05, 0) is 23.8 Å². The van der Waals surface area contributed by atoms with Gasteiger partial charge in [0.05, 0.1) is 12.7 Å². The predicted molar refractivity (Wildman–Crippen MR) is 73.5 cm³/mol. The summed E-state index contributed by atoms with van der Waals surface area (Å²) >= 11 is 5.94. The lowest BCUT2D eigenvalue weighted by atomic mass is 10.2. The van der Waals surface area contributed by atoms with Gasteiger partial charge in [0.1, 0.15) is 17.4 Å². The molecular weight excluding hydrogens is 282 g/mol. The molecular formula is C14H12ClNO4. The number of carboxylic acids is 1. The molecule has 0 aliphatic rings. The normalized spacial score (nSPS) is 10.1. The van der Waals surface area contributed by atoms with E-state index in [1.165, 1.54) is 12.3 Å². The standard InChI is InChI=1S/C14H12ClNO4/c1-19-10-4-2-3-9(7-10)8-20-13-12(15)11(14(17)18)5-6-16-13/h2-7H,8H2,1H3,(H,17,18). The number of aromatic carboxylic acids is 1. The van der Waals surface area contributed by atoms with Crippen LogP contribution in [0.15, 0.2) is 36.5 Å². The number of methoxy groups -OCH3 is 1. The Balaban J connectivity index is 2.14. The number of hydrogen-bond donors (Lipinski definition) is 1. The van der Waals surface area contributed by atoms with E-state index in [9.17, 15) is 4.79 Å². The second-order valence-corrected chi connectivity index (χ2v) is 4.30. The van der Waals surface area contributed by atoms with E-state index in [-0.39, 0.29) is 23.1 Å². The zero-order valence-corrected chi connectivity index (χ0v) is 11.4. The second-order valence-electron chi connectivity index (χ2n) is 3.92. The second kappa shape index (κ2) is 6.25. The van der Waals surface area contributed by atoms with E-state index >= 15 is 0 Å². The topological polar surface area (TPSA) is 68.7 Å². The quantitative estimate of drug-likeness (QED) is 0.917. The highest BCUT2D eigenvalue weighted by Crippen LogP contribution is 2.26. The molecule has 2 aromatic rings. The van der Waals surface area contributed by atoms with Gasteiger partial charge in [-0.1, -0.05) is 23.7 Å². The van der Waals surface area contributed by atoms with Crippen LogP contribution in [0.25, 0.3) is 0 Å². The van der Waals surface area contributed by atoms with E-state index in [2.05, 4.69) is 4.98 Å². The average Bonchev–Trinajstić information content (AvgIpc) is 2.46. The summed E-state index contributed by atoms with van der Waals surface area (Å²) in [5.74, 6) is -0.317. The van der Waals surface area contributed by atoms with Crippen LogP contribution in [0.2, 0.25) is 5.02 Å². The summed E-state index contributed by atoms with van der Waals surface area (Å²) in [5, 5.41) is 8.95. The van der Waals surface area contributed by atoms with Gasteiger partial charge in [0.25, 0.3) is 0 Å². The van der Waals surface area contributed by atoms with Crippen LogP contribution in [0.3, 0.4) is 0 Å². The molecule has 0 aliphatic heterocycles. The maximum absolute atomic E-state index is 10.9. The minimum absolute atomic E-state index is 0.0112. The molecule has 1 N–H and O–H groups in total. The molecule has 0 radical (unpaired) electrons. The van der Waals surface area contributed by atoms with Crippen molar-refractivity contribution in [3.8, 4) is 11.6 Å². The third kappa shape index (κ3) is 3.19. The monoisotopic (exact) mass is 293 g/mol. The molecule has 5 nitrogen and oxygen atoms in total. The highest BCUT2D eigenvalue weighted by atomic mass is 35.5. The minimum Gasteiger partial charge on any atom is -0.497 e. The molecule has 104 valence electrons. The summed E-state index contributed by atoms with van der Waals surface area (Å²) in [5.41, 5.74) is 0.824. The van der Waals surface area contributed by atoms with Gasteiger partial charge >= 0.3 is 5.97 Å². The zero-order valence-electron chi connectivity index (χ0n) is 10.7. The molecule has 0 bridgehead atoms. The molecule has 2 rings (SSSR count). The first-order chi connectivity index (χ1) is 9.61. The van der Waals surface area contributed by atoms with E-state index < -0.39 is 5.97 Å². The van der Waals surface area contributed by atoms with Gasteiger partial charge in [0.2, 0.25) is 5.88 Å². The van der Waals surface area contributed by atoms with E-state index in [4.69, 9.17) is 26.2 Å². The van der Waals surface area contributed by atoms with Crippen LogP contribution in [-0.2, 0) is 6.61 Å². The Morgan fingerprint density at radius 2 is 2.20 bits per heavy atom. The Kier molecular flexibility index (Phi) is 4.42. The van der Waals surface area contributed by atoms with Crippen molar-refractivity contribution in [3.05, 3.63) is 52.7 Å². The first kappa shape index (κ1) is 14.1. The van der Waals surface area contributed by atoms with Crippen molar-refractivity contribution in [1.82, 2.24) is 4.98 Å². The van der Waals surface area contributed by atoms with Gasteiger partial charge in [0, 0.05) is 6.20 Å². The Labute approximate surface area is 120 Å². The van der Waals surface area contributed by atoms with E-state index in [1.807, 2.05) is 24.3 Å². The molecule has 1 aromatic carbocycles. The highest BCUT2D eigenvalue weighted by molar-refractivity contribution is 6.34. The largest absolute Gasteiger partial charge is 0.497 e. The van der Waals surface area contributed by atoms with Crippen molar-refractivity contribution in [2.45, 2.75) is 6.61 Å². The number of carbonyl (C=O) groups is 1. The molecule has 0 amide bonds. The lowest BCUT2D eigenvalue weighted by molar-refractivity contribution is 0.0696. The van der Waals surface area contributed by atoms with Crippen molar-refractivity contribution in [2.24, 2.45) is 0 Å². The number of rotatable bonds is 5. The van der Waals surface area contributed by atoms with Gasteiger partial charge in [-0.15, -0.1) is 0 Å². The molecule has 1 heterocycles. The van der Waals surface area contributed by atoms with Crippen molar-refractivity contribution in [3.63, 3.8) is 0 Å². The fourth-order valence-electron chi connectivity index (χ4n) is 1.60.